The Balaban J connectivity index is 0.000000980. The maximum atomic E-state index is 11.3. The molecule has 0 aromatic rings. The molecular formula is C8H18Cl2N2O2S. The van der Waals surface area contributed by atoms with E-state index in [2.05, 4.69) is 4.90 Å². The third-order valence-electron chi connectivity index (χ3n) is 2.97. The summed E-state index contributed by atoms with van der Waals surface area (Å²) in [5, 5.41) is 0. The molecule has 0 radical (unpaired) electrons. The number of rotatable bonds is 1. The molecule has 2 N–H and O–H groups in total. The SMILES string of the molecule is Cl.Cl.NC1CS(=O)(=O)CC1N1CCCC1. The Hall–Kier alpha value is 0.450. The van der Waals surface area contributed by atoms with Crippen LogP contribution in [0.5, 0.6) is 0 Å². The topological polar surface area (TPSA) is 63.4 Å². The van der Waals surface area contributed by atoms with Gasteiger partial charge in [0, 0.05) is 12.1 Å². The molecule has 2 rings (SSSR count). The summed E-state index contributed by atoms with van der Waals surface area (Å²) in [6, 6.07) is -0.0735. The van der Waals surface area contributed by atoms with E-state index in [1.54, 1.807) is 0 Å². The van der Waals surface area contributed by atoms with Gasteiger partial charge in [0.2, 0.25) is 0 Å². The van der Waals surface area contributed by atoms with Crippen molar-refractivity contribution in [1.29, 1.82) is 0 Å². The van der Waals surface area contributed by atoms with Gasteiger partial charge in [0.1, 0.15) is 0 Å². The van der Waals surface area contributed by atoms with Crippen molar-refractivity contribution in [2.45, 2.75) is 24.9 Å². The molecule has 2 unspecified atom stereocenters. The molecule has 2 heterocycles. The highest BCUT2D eigenvalue weighted by atomic mass is 35.5. The predicted molar refractivity (Wildman–Crippen MR) is 65.7 cm³/mol. The van der Waals surface area contributed by atoms with E-state index in [4.69, 9.17) is 5.73 Å². The highest BCUT2D eigenvalue weighted by Crippen LogP contribution is 2.21. The summed E-state index contributed by atoms with van der Waals surface area (Å²) >= 11 is 0. The lowest BCUT2D eigenvalue weighted by Crippen LogP contribution is -2.45. The average Bonchev–Trinajstić information content (AvgIpc) is 2.56. The first kappa shape index (κ1) is 15.4. The van der Waals surface area contributed by atoms with E-state index in [0.717, 1.165) is 13.1 Å². The van der Waals surface area contributed by atoms with Crippen LogP contribution in [0.4, 0.5) is 0 Å². The first-order valence-electron chi connectivity index (χ1n) is 4.78. The molecule has 0 saturated carbocycles. The predicted octanol–water partition coefficient (Wildman–Crippen LogP) is 0.0501. The van der Waals surface area contributed by atoms with Crippen LogP contribution < -0.4 is 5.73 Å². The third kappa shape index (κ3) is 3.46. The van der Waals surface area contributed by atoms with Gasteiger partial charge in [-0.3, -0.25) is 4.90 Å². The fourth-order valence-corrected chi connectivity index (χ4v) is 4.23. The van der Waals surface area contributed by atoms with E-state index < -0.39 is 9.84 Å². The first-order valence-corrected chi connectivity index (χ1v) is 6.61. The van der Waals surface area contributed by atoms with Gasteiger partial charge < -0.3 is 5.73 Å². The Morgan fingerprint density at radius 3 is 2.00 bits per heavy atom. The van der Waals surface area contributed by atoms with Gasteiger partial charge in [0.25, 0.3) is 0 Å². The number of nitrogens with two attached hydrogens (primary N) is 1. The monoisotopic (exact) mass is 276 g/mol. The van der Waals surface area contributed by atoms with Crippen molar-refractivity contribution in [3.05, 3.63) is 0 Å². The molecule has 2 aliphatic rings. The molecule has 0 aliphatic carbocycles. The van der Waals surface area contributed by atoms with Crippen molar-refractivity contribution < 1.29 is 8.42 Å². The molecule has 7 heteroatoms. The zero-order valence-corrected chi connectivity index (χ0v) is 10.9. The van der Waals surface area contributed by atoms with Gasteiger partial charge >= 0.3 is 0 Å². The molecule has 0 amide bonds. The van der Waals surface area contributed by atoms with Crippen LogP contribution in [-0.2, 0) is 9.84 Å². The number of nitrogens with zero attached hydrogens (tertiary/aromatic N) is 1. The van der Waals surface area contributed by atoms with Crippen molar-refractivity contribution in [3.63, 3.8) is 0 Å². The smallest absolute Gasteiger partial charge is 0.153 e. The number of sulfone groups is 1. The Bertz CT molecular complexity index is 291. The van der Waals surface area contributed by atoms with E-state index in [0.29, 0.717) is 0 Å². The van der Waals surface area contributed by atoms with Crippen molar-refractivity contribution >= 4 is 34.7 Å². The Morgan fingerprint density at radius 1 is 1.07 bits per heavy atom. The second-order valence-electron chi connectivity index (χ2n) is 4.05. The van der Waals surface area contributed by atoms with Crippen LogP contribution in [0.2, 0.25) is 0 Å². The summed E-state index contributed by atoms with van der Waals surface area (Å²) in [6.45, 7) is 2.04. The molecule has 92 valence electrons. The third-order valence-corrected chi connectivity index (χ3v) is 4.72. The molecular weight excluding hydrogens is 259 g/mol. The van der Waals surface area contributed by atoms with Gasteiger partial charge in [0.05, 0.1) is 11.5 Å². The van der Waals surface area contributed by atoms with E-state index in [1.165, 1.54) is 12.8 Å². The highest BCUT2D eigenvalue weighted by Gasteiger charge is 2.39. The van der Waals surface area contributed by atoms with Crippen LogP contribution in [0, 0.1) is 0 Å². The fourth-order valence-electron chi connectivity index (χ4n) is 2.31. The van der Waals surface area contributed by atoms with Gasteiger partial charge in [-0.25, -0.2) is 8.42 Å². The quantitative estimate of drug-likeness (QED) is 0.735. The molecule has 2 fully saturated rings. The van der Waals surface area contributed by atoms with Crippen molar-refractivity contribution in [1.82, 2.24) is 4.90 Å². The Labute approximate surface area is 103 Å². The Morgan fingerprint density at radius 2 is 1.60 bits per heavy atom. The first-order chi connectivity index (χ1) is 6.08. The summed E-state index contributed by atoms with van der Waals surface area (Å²) in [5.74, 6) is 0.447. The van der Waals surface area contributed by atoms with Crippen molar-refractivity contribution in [2.75, 3.05) is 24.6 Å². The van der Waals surface area contributed by atoms with Crippen LogP contribution in [-0.4, -0.2) is 50.0 Å². The molecule has 0 aromatic carbocycles. The lowest BCUT2D eigenvalue weighted by molar-refractivity contribution is 0.245. The van der Waals surface area contributed by atoms with E-state index in [9.17, 15) is 8.42 Å². The van der Waals surface area contributed by atoms with Crippen molar-refractivity contribution in [2.24, 2.45) is 5.73 Å². The summed E-state index contributed by atoms with van der Waals surface area (Å²) in [5.41, 5.74) is 5.81. The number of likely N-dealkylation sites (tertiary alicyclic amines) is 1. The van der Waals surface area contributed by atoms with Gasteiger partial charge in [-0.05, 0) is 25.9 Å². The highest BCUT2D eigenvalue weighted by molar-refractivity contribution is 7.91. The van der Waals surface area contributed by atoms with Crippen LogP contribution in [0.1, 0.15) is 12.8 Å². The second-order valence-corrected chi connectivity index (χ2v) is 6.20. The maximum absolute atomic E-state index is 11.3. The summed E-state index contributed by atoms with van der Waals surface area (Å²) in [6.07, 6.45) is 2.37. The number of hydrogen-bond acceptors (Lipinski definition) is 4. The van der Waals surface area contributed by atoms with Crippen LogP contribution >= 0.6 is 24.8 Å². The van der Waals surface area contributed by atoms with Gasteiger partial charge in [-0.2, -0.15) is 0 Å². The minimum atomic E-state index is -2.85. The fraction of sp³-hybridized carbons (Fsp3) is 1.00. The number of hydrogen-bond donors (Lipinski definition) is 1. The summed E-state index contributed by atoms with van der Waals surface area (Å²) in [4.78, 5) is 2.23. The van der Waals surface area contributed by atoms with Crippen LogP contribution in [0.25, 0.3) is 0 Å². The molecule has 0 bridgehead atoms. The molecule has 2 saturated heterocycles. The molecule has 4 nitrogen and oxygen atoms in total. The van der Waals surface area contributed by atoms with Gasteiger partial charge in [-0.1, -0.05) is 0 Å². The Kier molecular flexibility index (Phi) is 5.85. The van der Waals surface area contributed by atoms with Crippen LogP contribution in [0.15, 0.2) is 0 Å². The standard InChI is InChI=1S/C8H16N2O2S.2ClH/c9-7-5-13(11,12)6-8(7)10-3-1-2-4-10;;/h7-8H,1-6,9H2;2*1H. The molecule has 0 aromatic heterocycles. The molecule has 2 aliphatic heterocycles. The normalized spacial score (nSPS) is 34.5. The zero-order valence-electron chi connectivity index (χ0n) is 8.46. The largest absolute Gasteiger partial charge is 0.325 e. The zero-order chi connectivity index (χ0) is 9.47. The minimum absolute atomic E-state index is 0. The van der Waals surface area contributed by atoms with Crippen molar-refractivity contribution in [3.8, 4) is 0 Å². The summed E-state index contributed by atoms with van der Waals surface area (Å²) in [7, 11) is -2.85. The average molecular weight is 277 g/mol. The van der Waals surface area contributed by atoms with E-state index >= 15 is 0 Å². The number of halogens is 2. The van der Waals surface area contributed by atoms with Gasteiger partial charge in [0.15, 0.2) is 9.84 Å². The van der Waals surface area contributed by atoms with Crippen LogP contribution in [0.3, 0.4) is 0 Å². The van der Waals surface area contributed by atoms with Gasteiger partial charge in [-0.15, -0.1) is 24.8 Å². The molecule has 2 atom stereocenters. The lowest BCUT2D eigenvalue weighted by atomic mass is 10.1. The van der Waals surface area contributed by atoms with E-state index in [-0.39, 0.29) is 48.4 Å². The lowest BCUT2D eigenvalue weighted by Gasteiger charge is -2.25. The maximum Gasteiger partial charge on any atom is 0.153 e. The molecule has 15 heavy (non-hydrogen) atoms. The van der Waals surface area contributed by atoms with E-state index in [1.807, 2.05) is 0 Å². The summed E-state index contributed by atoms with van der Waals surface area (Å²) < 4.78 is 22.6. The minimum Gasteiger partial charge on any atom is -0.325 e. The second kappa shape index (κ2) is 5.68. The molecule has 0 spiro atoms.